The van der Waals surface area contributed by atoms with Crippen molar-refractivity contribution >= 4 is 0 Å². The number of aryl methyl sites for hydroxylation is 1. The molecule has 3 N–H and O–H groups in total. The Kier molecular flexibility index (Phi) is 2.10. The Balaban J connectivity index is 3.21. The highest BCUT2D eigenvalue weighted by Crippen LogP contribution is 2.01. The zero-order valence-corrected chi connectivity index (χ0v) is 6.72. The number of nitrogens with one attached hydrogen (secondary N) is 1. The van der Waals surface area contributed by atoms with E-state index in [1.807, 2.05) is 13.0 Å². The van der Waals surface area contributed by atoms with Gasteiger partial charge in [-0.05, 0) is 19.9 Å². The van der Waals surface area contributed by atoms with E-state index >= 15 is 0 Å². The number of nitrogens with two attached hydrogens (primary N) is 1. The van der Waals surface area contributed by atoms with Gasteiger partial charge in [-0.1, -0.05) is 6.07 Å². The summed E-state index contributed by atoms with van der Waals surface area (Å²) >= 11 is 0. The molecule has 11 heavy (non-hydrogen) atoms. The van der Waals surface area contributed by atoms with Crippen molar-refractivity contribution in [3.8, 4) is 0 Å². The standard InChI is InChI=1S/C8H12N2O/c1-5-3-4-7(6(2)9)8(11)10-5/h3-4,6H,9H2,1-2H3,(H,10,11)/t6-/m0/s1. The zero-order chi connectivity index (χ0) is 8.43. The summed E-state index contributed by atoms with van der Waals surface area (Å²) in [7, 11) is 0. The summed E-state index contributed by atoms with van der Waals surface area (Å²) < 4.78 is 0. The normalized spacial score (nSPS) is 13.0. The second-order valence-corrected chi connectivity index (χ2v) is 2.71. The summed E-state index contributed by atoms with van der Waals surface area (Å²) in [5, 5.41) is 0. The van der Waals surface area contributed by atoms with Crippen LogP contribution in [-0.2, 0) is 0 Å². The maximum Gasteiger partial charge on any atom is 0.252 e. The first-order valence-electron chi connectivity index (χ1n) is 3.56. The van der Waals surface area contributed by atoms with Gasteiger partial charge in [-0.3, -0.25) is 4.79 Å². The highest BCUT2D eigenvalue weighted by atomic mass is 16.1. The Bertz CT molecular complexity index is 301. The molecular formula is C8H12N2O. The Morgan fingerprint density at radius 3 is 2.64 bits per heavy atom. The summed E-state index contributed by atoms with van der Waals surface area (Å²) in [6, 6.07) is 3.42. The van der Waals surface area contributed by atoms with Crippen molar-refractivity contribution in [1.29, 1.82) is 0 Å². The molecule has 0 aliphatic carbocycles. The molecule has 3 nitrogen and oxygen atoms in total. The minimum Gasteiger partial charge on any atom is -0.326 e. The summed E-state index contributed by atoms with van der Waals surface area (Å²) in [5.74, 6) is 0. The van der Waals surface area contributed by atoms with Gasteiger partial charge in [0.05, 0.1) is 0 Å². The average molecular weight is 152 g/mol. The van der Waals surface area contributed by atoms with Crippen LogP contribution in [0.3, 0.4) is 0 Å². The fraction of sp³-hybridized carbons (Fsp3) is 0.375. The van der Waals surface area contributed by atoms with Gasteiger partial charge >= 0.3 is 0 Å². The monoisotopic (exact) mass is 152 g/mol. The number of aromatic nitrogens is 1. The van der Waals surface area contributed by atoms with Crippen LogP contribution in [0.25, 0.3) is 0 Å². The maximum atomic E-state index is 11.1. The Hall–Kier alpha value is -1.09. The molecule has 0 amide bonds. The van der Waals surface area contributed by atoms with Crippen molar-refractivity contribution in [2.75, 3.05) is 0 Å². The van der Waals surface area contributed by atoms with Gasteiger partial charge in [0.1, 0.15) is 0 Å². The van der Waals surface area contributed by atoms with Crippen LogP contribution in [0, 0.1) is 6.92 Å². The van der Waals surface area contributed by atoms with Crippen LogP contribution in [0.1, 0.15) is 24.2 Å². The van der Waals surface area contributed by atoms with Crippen LogP contribution in [0.15, 0.2) is 16.9 Å². The molecule has 0 bridgehead atoms. The van der Waals surface area contributed by atoms with Crippen LogP contribution in [0.4, 0.5) is 0 Å². The maximum absolute atomic E-state index is 11.1. The summed E-state index contributed by atoms with van der Waals surface area (Å²) in [4.78, 5) is 13.8. The minimum atomic E-state index is -0.195. The first-order chi connectivity index (χ1) is 5.11. The third kappa shape index (κ3) is 1.68. The summed E-state index contributed by atoms with van der Waals surface area (Å²) in [6.07, 6.45) is 0. The van der Waals surface area contributed by atoms with Crippen molar-refractivity contribution in [2.24, 2.45) is 5.73 Å². The third-order valence-corrected chi connectivity index (χ3v) is 1.58. The topological polar surface area (TPSA) is 58.9 Å². The average Bonchev–Trinajstić information content (AvgIpc) is 1.85. The molecule has 0 aromatic carbocycles. The van der Waals surface area contributed by atoms with Gasteiger partial charge in [0.2, 0.25) is 0 Å². The lowest BCUT2D eigenvalue weighted by molar-refractivity contribution is 0.797. The van der Waals surface area contributed by atoms with E-state index in [4.69, 9.17) is 5.73 Å². The van der Waals surface area contributed by atoms with E-state index in [2.05, 4.69) is 4.98 Å². The molecule has 1 rings (SSSR count). The van der Waals surface area contributed by atoms with Crippen LogP contribution in [0.2, 0.25) is 0 Å². The molecule has 1 atom stereocenters. The Morgan fingerprint density at radius 2 is 2.18 bits per heavy atom. The van der Waals surface area contributed by atoms with E-state index in [1.165, 1.54) is 0 Å². The molecule has 1 aromatic heterocycles. The van der Waals surface area contributed by atoms with Crippen molar-refractivity contribution in [3.05, 3.63) is 33.7 Å². The van der Waals surface area contributed by atoms with E-state index in [0.717, 1.165) is 5.69 Å². The first-order valence-corrected chi connectivity index (χ1v) is 3.56. The molecule has 0 aliphatic heterocycles. The number of H-pyrrole nitrogens is 1. The molecular weight excluding hydrogens is 140 g/mol. The second-order valence-electron chi connectivity index (χ2n) is 2.71. The lowest BCUT2D eigenvalue weighted by Gasteiger charge is -2.03. The van der Waals surface area contributed by atoms with Gasteiger partial charge in [0.15, 0.2) is 0 Å². The van der Waals surface area contributed by atoms with Gasteiger partial charge in [0.25, 0.3) is 5.56 Å². The largest absolute Gasteiger partial charge is 0.326 e. The smallest absolute Gasteiger partial charge is 0.252 e. The predicted molar refractivity (Wildman–Crippen MR) is 44.4 cm³/mol. The van der Waals surface area contributed by atoms with E-state index in [0.29, 0.717) is 5.56 Å². The highest BCUT2D eigenvalue weighted by molar-refractivity contribution is 5.16. The van der Waals surface area contributed by atoms with Gasteiger partial charge in [-0.2, -0.15) is 0 Å². The lowest BCUT2D eigenvalue weighted by atomic mass is 10.1. The SMILES string of the molecule is Cc1ccc([C@H](C)N)c(=O)[nH]1. The molecule has 60 valence electrons. The molecule has 0 unspecified atom stereocenters. The molecule has 0 saturated heterocycles. The molecule has 0 spiro atoms. The molecule has 0 aliphatic rings. The molecule has 0 radical (unpaired) electrons. The van der Waals surface area contributed by atoms with Gasteiger partial charge in [0, 0.05) is 17.3 Å². The molecule has 3 heteroatoms. The number of pyridine rings is 1. The molecule has 0 saturated carbocycles. The van der Waals surface area contributed by atoms with Gasteiger partial charge in [-0.25, -0.2) is 0 Å². The van der Waals surface area contributed by atoms with Crippen molar-refractivity contribution < 1.29 is 0 Å². The summed E-state index contributed by atoms with van der Waals surface area (Å²) in [5.41, 5.74) is 6.96. The first kappa shape index (κ1) is 8.01. The summed E-state index contributed by atoms with van der Waals surface area (Å²) in [6.45, 7) is 3.63. The predicted octanol–water partition coefficient (Wildman–Crippen LogP) is 0.703. The van der Waals surface area contributed by atoms with Gasteiger partial charge in [-0.15, -0.1) is 0 Å². The van der Waals surface area contributed by atoms with E-state index in [1.54, 1.807) is 13.0 Å². The van der Waals surface area contributed by atoms with E-state index < -0.39 is 0 Å². The lowest BCUT2D eigenvalue weighted by Crippen LogP contribution is -2.19. The molecule has 1 heterocycles. The van der Waals surface area contributed by atoms with Crippen LogP contribution >= 0.6 is 0 Å². The van der Waals surface area contributed by atoms with E-state index in [9.17, 15) is 4.79 Å². The van der Waals surface area contributed by atoms with Gasteiger partial charge < -0.3 is 10.7 Å². The second kappa shape index (κ2) is 2.88. The quantitative estimate of drug-likeness (QED) is 0.622. The Morgan fingerprint density at radius 1 is 1.55 bits per heavy atom. The fourth-order valence-electron chi connectivity index (χ4n) is 0.942. The fourth-order valence-corrected chi connectivity index (χ4v) is 0.942. The van der Waals surface area contributed by atoms with Crippen molar-refractivity contribution in [2.45, 2.75) is 19.9 Å². The van der Waals surface area contributed by atoms with E-state index in [-0.39, 0.29) is 11.6 Å². The Labute approximate surface area is 65.2 Å². The highest BCUT2D eigenvalue weighted by Gasteiger charge is 2.02. The number of hydrogen-bond acceptors (Lipinski definition) is 2. The van der Waals surface area contributed by atoms with Crippen LogP contribution < -0.4 is 11.3 Å². The minimum absolute atomic E-state index is 0.0833. The zero-order valence-electron chi connectivity index (χ0n) is 6.72. The number of hydrogen-bond donors (Lipinski definition) is 2. The van der Waals surface area contributed by atoms with Crippen LogP contribution in [0.5, 0.6) is 0 Å². The van der Waals surface area contributed by atoms with Crippen LogP contribution in [-0.4, -0.2) is 4.98 Å². The molecule has 0 fully saturated rings. The third-order valence-electron chi connectivity index (χ3n) is 1.58. The number of aromatic amines is 1. The van der Waals surface area contributed by atoms with Crippen molar-refractivity contribution in [3.63, 3.8) is 0 Å². The number of rotatable bonds is 1. The van der Waals surface area contributed by atoms with Crippen molar-refractivity contribution in [1.82, 2.24) is 4.98 Å². The molecule has 1 aromatic rings.